The summed E-state index contributed by atoms with van der Waals surface area (Å²) in [5.74, 6) is 0.252. The van der Waals surface area contributed by atoms with Gasteiger partial charge >= 0.3 is 0 Å². The van der Waals surface area contributed by atoms with Gasteiger partial charge in [-0.25, -0.2) is 9.97 Å². The molecule has 0 unspecified atom stereocenters. The molecule has 0 atom stereocenters. The molecule has 0 aliphatic rings. The Balaban J connectivity index is 2.02. The Hall–Kier alpha value is -1.85. The van der Waals surface area contributed by atoms with Crippen molar-refractivity contribution < 1.29 is 4.79 Å². The summed E-state index contributed by atoms with van der Waals surface area (Å²) >= 11 is 11.9. The van der Waals surface area contributed by atoms with Crippen LogP contribution in [0.25, 0.3) is 0 Å². The Bertz CT molecular complexity index is 646. The first-order valence-electron chi connectivity index (χ1n) is 6.93. The molecular formula is C15H16Cl2N4O. The van der Waals surface area contributed by atoms with E-state index in [0.29, 0.717) is 21.6 Å². The fourth-order valence-corrected chi connectivity index (χ4v) is 2.06. The molecule has 1 aromatic heterocycles. The number of nitrogens with one attached hydrogen (secondary N) is 2. The van der Waals surface area contributed by atoms with Gasteiger partial charge in [0.15, 0.2) is 0 Å². The monoisotopic (exact) mass is 338 g/mol. The summed E-state index contributed by atoms with van der Waals surface area (Å²) in [6.45, 7) is 2.94. The van der Waals surface area contributed by atoms with Crippen molar-refractivity contribution in [2.45, 2.75) is 19.8 Å². The molecule has 1 amide bonds. The van der Waals surface area contributed by atoms with Gasteiger partial charge in [0.2, 0.25) is 0 Å². The minimum Gasteiger partial charge on any atom is -0.369 e. The van der Waals surface area contributed by atoms with Crippen LogP contribution in [0, 0.1) is 0 Å². The van der Waals surface area contributed by atoms with Crippen molar-refractivity contribution in [3.05, 3.63) is 46.3 Å². The van der Waals surface area contributed by atoms with Crippen LogP contribution in [0.4, 0.5) is 11.5 Å². The second kappa shape index (κ2) is 7.96. The zero-order valence-electron chi connectivity index (χ0n) is 12.1. The zero-order valence-corrected chi connectivity index (χ0v) is 13.6. The van der Waals surface area contributed by atoms with Crippen LogP contribution in [-0.4, -0.2) is 22.4 Å². The summed E-state index contributed by atoms with van der Waals surface area (Å²) < 4.78 is 0. The number of unbranched alkanes of at least 4 members (excludes halogenated alkanes) is 1. The number of rotatable bonds is 6. The van der Waals surface area contributed by atoms with Crippen molar-refractivity contribution >= 4 is 40.6 Å². The highest BCUT2D eigenvalue weighted by Crippen LogP contribution is 2.29. The molecule has 22 heavy (non-hydrogen) atoms. The predicted molar refractivity (Wildman–Crippen MR) is 89.8 cm³/mol. The smallest absolute Gasteiger partial charge is 0.275 e. The molecule has 5 nitrogen and oxygen atoms in total. The molecule has 1 aromatic carbocycles. The van der Waals surface area contributed by atoms with E-state index in [1.165, 1.54) is 12.4 Å². The van der Waals surface area contributed by atoms with E-state index in [-0.39, 0.29) is 5.69 Å². The maximum atomic E-state index is 12.1. The van der Waals surface area contributed by atoms with Gasteiger partial charge in [-0.05, 0) is 18.6 Å². The lowest BCUT2D eigenvalue weighted by Gasteiger charge is -2.08. The van der Waals surface area contributed by atoms with E-state index in [1.807, 2.05) is 0 Å². The van der Waals surface area contributed by atoms with Crippen LogP contribution in [-0.2, 0) is 0 Å². The minimum absolute atomic E-state index is 0.206. The predicted octanol–water partition coefficient (Wildman–Crippen LogP) is 4.25. The Morgan fingerprint density at radius 2 is 2.05 bits per heavy atom. The fraction of sp³-hybridized carbons (Fsp3) is 0.267. The van der Waals surface area contributed by atoms with Crippen molar-refractivity contribution in [1.82, 2.24) is 9.97 Å². The molecule has 0 aliphatic heterocycles. The van der Waals surface area contributed by atoms with E-state index in [2.05, 4.69) is 27.5 Å². The fourth-order valence-electron chi connectivity index (χ4n) is 1.72. The van der Waals surface area contributed by atoms with Gasteiger partial charge in [-0.15, -0.1) is 0 Å². The number of nitrogens with zero attached hydrogens (tertiary/aromatic N) is 2. The molecule has 0 bridgehead atoms. The topological polar surface area (TPSA) is 66.9 Å². The molecule has 116 valence electrons. The van der Waals surface area contributed by atoms with Crippen LogP contribution in [0.2, 0.25) is 10.0 Å². The van der Waals surface area contributed by atoms with Crippen LogP contribution in [0.5, 0.6) is 0 Å². The van der Waals surface area contributed by atoms with Crippen LogP contribution in [0.1, 0.15) is 30.3 Å². The molecule has 2 aromatic rings. The zero-order chi connectivity index (χ0) is 15.9. The normalized spacial score (nSPS) is 10.3. The summed E-state index contributed by atoms with van der Waals surface area (Å²) in [7, 11) is 0. The van der Waals surface area contributed by atoms with Crippen LogP contribution in [0.15, 0.2) is 30.6 Å². The standard InChI is InChI=1S/C15H16Cl2N4O/c1-2-3-7-18-13-9-19-12(8-20-13)15(22)21-11-6-4-5-10(16)14(11)17/h4-6,8-9H,2-3,7H2,1H3,(H,18,20)(H,21,22). The van der Waals surface area contributed by atoms with Crippen LogP contribution >= 0.6 is 23.2 Å². The van der Waals surface area contributed by atoms with Gasteiger partial charge < -0.3 is 10.6 Å². The molecular weight excluding hydrogens is 323 g/mol. The third-order valence-electron chi connectivity index (χ3n) is 2.92. The van der Waals surface area contributed by atoms with Gasteiger partial charge in [-0.3, -0.25) is 4.79 Å². The summed E-state index contributed by atoms with van der Waals surface area (Å²) in [5, 5.41) is 6.47. The first kappa shape index (κ1) is 16.5. The quantitative estimate of drug-likeness (QED) is 0.772. The minimum atomic E-state index is -0.392. The maximum absolute atomic E-state index is 12.1. The van der Waals surface area contributed by atoms with Crippen LogP contribution < -0.4 is 10.6 Å². The lowest BCUT2D eigenvalue weighted by molar-refractivity contribution is 0.102. The average Bonchev–Trinajstić information content (AvgIpc) is 2.53. The van der Waals surface area contributed by atoms with Gasteiger partial charge in [-0.1, -0.05) is 42.6 Å². The SMILES string of the molecule is CCCCNc1cnc(C(=O)Nc2cccc(Cl)c2Cl)cn1. The molecule has 2 N–H and O–H groups in total. The number of hydrogen-bond donors (Lipinski definition) is 2. The number of aromatic nitrogens is 2. The summed E-state index contributed by atoms with van der Waals surface area (Å²) in [5.41, 5.74) is 0.642. The van der Waals surface area contributed by atoms with Crippen molar-refractivity contribution in [3.63, 3.8) is 0 Å². The number of benzene rings is 1. The van der Waals surface area contributed by atoms with Crippen molar-refractivity contribution in [1.29, 1.82) is 0 Å². The highest BCUT2D eigenvalue weighted by molar-refractivity contribution is 6.44. The van der Waals surface area contributed by atoms with Gasteiger partial charge in [-0.2, -0.15) is 0 Å². The molecule has 0 saturated carbocycles. The average molecular weight is 339 g/mol. The molecule has 0 fully saturated rings. The Morgan fingerprint density at radius 3 is 2.73 bits per heavy atom. The van der Waals surface area contributed by atoms with Crippen molar-refractivity contribution in [2.24, 2.45) is 0 Å². The molecule has 1 heterocycles. The summed E-state index contributed by atoms with van der Waals surface area (Å²) in [4.78, 5) is 20.4. The number of carbonyl (C=O) groups excluding carboxylic acids is 1. The highest BCUT2D eigenvalue weighted by atomic mass is 35.5. The first-order chi connectivity index (χ1) is 10.6. The van der Waals surface area contributed by atoms with E-state index >= 15 is 0 Å². The van der Waals surface area contributed by atoms with E-state index in [9.17, 15) is 4.79 Å². The van der Waals surface area contributed by atoms with Gasteiger partial charge in [0.1, 0.15) is 11.5 Å². The molecule has 0 radical (unpaired) electrons. The third-order valence-corrected chi connectivity index (χ3v) is 3.74. The van der Waals surface area contributed by atoms with E-state index in [0.717, 1.165) is 19.4 Å². The van der Waals surface area contributed by atoms with Crippen molar-refractivity contribution in [2.75, 3.05) is 17.2 Å². The Morgan fingerprint density at radius 1 is 1.23 bits per heavy atom. The maximum Gasteiger partial charge on any atom is 0.275 e. The molecule has 0 saturated heterocycles. The van der Waals surface area contributed by atoms with Gasteiger partial charge in [0.05, 0.1) is 28.1 Å². The number of amides is 1. The first-order valence-corrected chi connectivity index (χ1v) is 7.68. The number of carbonyl (C=O) groups is 1. The molecule has 0 spiro atoms. The second-order valence-corrected chi connectivity index (χ2v) is 5.41. The summed E-state index contributed by atoms with van der Waals surface area (Å²) in [6.07, 6.45) is 5.10. The third kappa shape index (κ3) is 4.32. The Labute approximate surface area is 139 Å². The molecule has 2 rings (SSSR count). The number of hydrogen-bond acceptors (Lipinski definition) is 4. The lowest BCUT2D eigenvalue weighted by atomic mass is 10.3. The molecule has 7 heteroatoms. The highest BCUT2D eigenvalue weighted by Gasteiger charge is 2.11. The largest absolute Gasteiger partial charge is 0.369 e. The van der Waals surface area contributed by atoms with Gasteiger partial charge in [0, 0.05) is 6.54 Å². The second-order valence-electron chi connectivity index (χ2n) is 4.62. The number of halogens is 2. The Kier molecular flexibility index (Phi) is 5.98. The van der Waals surface area contributed by atoms with Crippen molar-refractivity contribution in [3.8, 4) is 0 Å². The van der Waals surface area contributed by atoms with E-state index < -0.39 is 5.91 Å². The van der Waals surface area contributed by atoms with E-state index in [4.69, 9.17) is 23.2 Å². The summed E-state index contributed by atoms with van der Waals surface area (Å²) in [6, 6.07) is 5.02. The van der Waals surface area contributed by atoms with E-state index in [1.54, 1.807) is 18.2 Å². The lowest BCUT2D eigenvalue weighted by Crippen LogP contribution is -2.15. The van der Waals surface area contributed by atoms with Crippen LogP contribution in [0.3, 0.4) is 0 Å². The van der Waals surface area contributed by atoms with Gasteiger partial charge in [0.25, 0.3) is 5.91 Å². The number of anilines is 2. The molecule has 0 aliphatic carbocycles.